The molecular weight excluding hydrogens is 289 g/mol. The Labute approximate surface area is 106 Å². The maximum absolute atomic E-state index is 12.9. The van der Waals surface area contributed by atoms with Crippen LogP contribution in [-0.4, -0.2) is 0 Å². The van der Waals surface area contributed by atoms with Gasteiger partial charge in [-0.3, -0.25) is 0 Å². The van der Waals surface area contributed by atoms with E-state index in [0.717, 1.165) is 5.56 Å². The van der Waals surface area contributed by atoms with Crippen LogP contribution in [0.4, 0.5) is 4.39 Å². The molecule has 0 amide bonds. The lowest BCUT2D eigenvalue weighted by molar-refractivity contribution is 0.266. The molecule has 5 heteroatoms. The second-order valence-corrected chi connectivity index (χ2v) is 4.29. The molecule has 0 atom stereocenters. The molecule has 0 radical (unpaired) electrons. The van der Waals surface area contributed by atoms with E-state index in [4.69, 9.17) is 14.9 Å². The molecular formula is C12H11BrFNO2. The van der Waals surface area contributed by atoms with Crippen LogP contribution >= 0.6 is 15.9 Å². The lowest BCUT2D eigenvalue weighted by Gasteiger charge is -2.07. The van der Waals surface area contributed by atoms with E-state index in [2.05, 4.69) is 15.9 Å². The quantitative estimate of drug-likeness (QED) is 0.943. The van der Waals surface area contributed by atoms with Crippen LogP contribution in [0.25, 0.3) is 0 Å². The van der Waals surface area contributed by atoms with Crippen molar-refractivity contribution in [2.75, 3.05) is 0 Å². The molecule has 0 aliphatic carbocycles. The van der Waals surface area contributed by atoms with E-state index in [1.165, 1.54) is 12.1 Å². The molecule has 0 saturated heterocycles. The van der Waals surface area contributed by atoms with E-state index >= 15 is 0 Å². The van der Waals surface area contributed by atoms with Gasteiger partial charge in [-0.05, 0) is 40.2 Å². The lowest BCUT2D eigenvalue weighted by Crippen LogP contribution is -2.02. The van der Waals surface area contributed by atoms with Crippen molar-refractivity contribution in [2.24, 2.45) is 5.73 Å². The van der Waals surface area contributed by atoms with Crippen molar-refractivity contribution in [3.05, 3.63) is 52.1 Å². The van der Waals surface area contributed by atoms with Crippen LogP contribution in [0.3, 0.4) is 0 Å². The lowest BCUT2D eigenvalue weighted by atomic mass is 10.2. The molecule has 2 rings (SSSR count). The molecule has 0 aliphatic rings. The summed E-state index contributed by atoms with van der Waals surface area (Å²) in [5, 5.41) is 0. The van der Waals surface area contributed by atoms with Crippen LogP contribution < -0.4 is 10.5 Å². The highest BCUT2D eigenvalue weighted by Crippen LogP contribution is 2.26. The molecule has 0 unspecified atom stereocenters. The van der Waals surface area contributed by atoms with E-state index in [1.54, 1.807) is 18.4 Å². The second kappa shape index (κ2) is 5.33. The summed E-state index contributed by atoms with van der Waals surface area (Å²) in [4.78, 5) is 0. The van der Waals surface area contributed by atoms with Crippen molar-refractivity contribution in [2.45, 2.75) is 13.2 Å². The minimum absolute atomic E-state index is 0.268. The number of hydrogen-bond acceptors (Lipinski definition) is 3. The number of furan rings is 1. The number of nitrogens with two attached hydrogens (primary N) is 1. The zero-order chi connectivity index (χ0) is 12.3. The Kier molecular flexibility index (Phi) is 3.81. The maximum Gasteiger partial charge on any atom is 0.146 e. The first kappa shape index (κ1) is 12.1. The van der Waals surface area contributed by atoms with Gasteiger partial charge in [-0.15, -0.1) is 0 Å². The second-order valence-electron chi connectivity index (χ2n) is 3.44. The Balaban J connectivity index is 2.07. The van der Waals surface area contributed by atoms with Gasteiger partial charge in [-0.25, -0.2) is 4.39 Å². The fourth-order valence-electron chi connectivity index (χ4n) is 1.41. The average molecular weight is 300 g/mol. The summed E-state index contributed by atoms with van der Waals surface area (Å²) in [5.41, 5.74) is 6.45. The SMILES string of the molecule is NCc1ccoc1COc1ccc(F)cc1Br. The molecule has 2 N–H and O–H groups in total. The number of ether oxygens (including phenoxy) is 1. The minimum Gasteiger partial charge on any atom is -0.484 e. The highest BCUT2D eigenvalue weighted by atomic mass is 79.9. The topological polar surface area (TPSA) is 48.4 Å². The molecule has 17 heavy (non-hydrogen) atoms. The van der Waals surface area contributed by atoms with Gasteiger partial charge >= 0.3 is 0 Å². The van der Waals surface area contributed by atoms with E-state index in [-0.39, 0.29) is 12.4 Å². The monoisotopic (exact) mass is 299 g/mol. The maximum atomic E-state index is 12.9. The Hall–Kier alpha value is -1.33. The van der Waals surface area contributed by atoms with Crippen molar-refractivity contribution in [3.63, 3.8) is 0 Å². The van der Waals surface area contributed by atoms with Crippen molar-refractivity contribution < 1.29 is 13.5 Å². The summed E-state index contributed by atoms with van der Waals surface area (Å²) >= 11 is 3.23. The average Bonchev–Trinajstić information content (AvgIpc) is 2.75. The van der Waals surface area contributed by atoms with Crippen LogP contribution in [0.15, 0.2) is 39.4 Å². The third-order valence-corrected chi connectivity index (χ3v) is 2.93. The summed E-state index contributed by atoms with van der Waals surface area (Å²) in [7, 11) is 0. The molecule has 0 spiro atoms. The van der Waals surface area contributed by atoms with Crippen LogP contribution in [0.2, 0.25) is 0 Å². The van der Waals surface area contributed by atoms with Gasteiger partial charge < -0.3 is 14.9 Å². The molecule has 1 aromatic heterocycles. The first-order valence-corrected chi connectivity index (χ1v) is 5.83. The van der Waals surface area contributed by atoms with E-state index in [0.29, 0.717) is 22.5 Å². The van der Waals surface area contributed by atoms with Crippen molar-refractivity contribution in [1.82, 2.24) is 0 Å². The standard InChI is InChI=1S/C12H11BrFNO2/c13-10-5-9(14)1-2-11(10)17-7-12-8(6-15)3-4-16-12/h1-5H,6-7,15H2. The third kappa shape index (κ3) is 2.87. The number of hydrogen-bond donors (Lipinski definition) is 1. The third-order valence-electron chi connectivity index (χ3n) is 2.31. The minimum atomic E-state index is -0.315. The molecule has 2 aromatic rings. The van der Waals surface area contributed by atoms with Crippen molar-refractivity contribution in [1.29, 1.82) is 0 Å². The van der Waals surface area contributed by atoms with Crippen LogP contribution in [0, 0.1) is 5.82 Å². The first-order valence-electron chi connectivity index (χ1n) is 5.04. The summed E-state index contributed by atoms with van der Waals surface area (Å²) in [6, 6.07) is 6.05. The van der Waals surface area contributed by atoms with Crippen molar-refractivity contribution >= 4 is 15.9 Å². The molecule has 1 aromatic carbocycles. The number of benzene rings is 1. The summed E-state index contributed by atoms with van der Waals surface area (Å²) in [6.45, 7) is 0.670. The van der Waals surface area contributed by atoms with Crippen LogP contribution in [0.1, 0.15) is 11.3 Å². The van der Waals surface area contributed by atoms with Crippen molar-refractivity contribution in [3.8, 4) is 5.75 Å². The molecule has 0 saturated carbocycles. The zero-order valence-corrected chi connectivity index (χ0v) is 10.5. The zero-order valence-electron chi connectivity index (χ0n) is 8.95. The molecule has 0 fully saturated rings. The highest BCUT2D eigenvalue weighted by molar-refractivity contribution is 9.10. The molecule has 90 valence electrons. The fraction of sp³-hybridized carbons (Fsp3) is 0.167. The van der Waals surface area contributed by atoms with Gasteiger partial charge in [0.25, 0.3) is 0 Å². The van der Waals surface area contributed by atoms with Gasteiger partial charge in [0.15, 0.2) is 0 Å². The number of rotatable bonds is 4. The predicted octanol–water partition coefficient (Wildman–Crippen LogP) is 3.22. The normalized spacial score (nSPS) is 10.5. The van der Waals surface area contributed by atoms with Gasteiger partial charge in [0.2, 0.25) is 0 Å². The Morgan fingerprint density at radius 3 is 2.88 bits per heavy atom. The van der Waals surface area contributed by atoms with Gasteiger partial charge in [-0.2, -0.15) is 0 Å². The summed E-state index contributed by atoms with van der Waals surface area (Å²) in [5.74, 6) is 0.930. The molecule has 1 heterocycles. The predicted molar refractivity (Wildman–Crippen MR) is 65.0 cm³/mol. The van der Waals surface area contributed by atoms with Crippen LogP contribution in [0.5, 0.6) is 5.75 Å². The largest absolute Gasteiger partial charge is 0.484 e. The van der Waals surface area contributed by atoms with E-state index in [9.17, 15) is 4.39 Å². The van der Waals surface area contributed by atoms with E-state index in [1.807, 2.05) is 0 Å². The molecule has 0 aliphatic heterocycles. The Morgan fingerprint density at radius 2 is 2.18 bits per heavy atom. The Bertz CT molecular complexity index is 513. The van der Waals surface area contributed by atoms with E-state index < -0.39 is 0 Å². The summed E-state index contributed by atoms with van der Waals surface area (Å²) < 4.78 is 24.2. The number of halogens is 2. The van der Waals surface area contributed by atoms with Gasteiger partial charge in [0, 0.05) is 12.1 Å². The van der Waals surface area contributed by atoms with Gasteiger partial charge in [-0.1, -0.05) is 0 Å². The molecule has 3 nitrogen and oxygen atoms in total. The Morgan fingerprint density at radius 1 is 1.35 bits per heavy atom. The first-order chi connectivity index (χ1) is 8.20. The smallest absolute Gasteiger partial charge is 0.146 e. The van der Waals surface area contributed by atoms with Crippen LogP contribution in [-0.2, 0) is 13.2 Å². The van der Waals surface area contributed by atoms with Gasteiger partial charge in [0.05, 0.1) is 10.7 Å². The molecule has 0 bridgehead atoms. The highest BCUT2D eigenvalue weighted by Gasteiger charge is 2.07. The summed E-state index contributed by atoms with van der Waals surface area (Å²) in [6.07, 6.45) is 1.57. The fourth-order valence-corrected chi connectivity index (χ4v) is 1.88. The van der Waals surface area contributed by atoms with Gasteiger partial charge in [0.1, 0.15) is 23.9 Å².